The molecule has 0 spiro atoms. The zero-order valence-electron chi connectivity index (χ0n) is 11.1. The predicted octanol–water partition coefficient (Wildman–Crippen LogP) is 2.61. The van der Waals surface area contributed by atoms with Crippen molar-refractivity contribution >= 4 is 5.91 Å². The first-order chi connectivity index (χ1) is 8.59. The Morgan fingerprint density at radius 3 is 2.39 bits per heavy atom. The fourth-order valence-corrected chi connectivity index (χ4v) is 1.95. The Labute approximate surface area is 108 Å². The zero-order valence-corrected chi connectivity index (χ0v) is 11.1. The number of hydrogen-bond donors (Lipinski definition) is 0. The second-order valence-corrected chi connectivity index (χ2v) is 4.57. The topological polar surface area (TPSA) is 25.2 Å². The lowest BCUT2D eigenvalue weighted by Crippen LogP contribution is -2.27. The van der Waals surface area contributed by atoms with Gasteiger partial charge in [0.25, 0.3) is 5.91 Å². The molecule has 0 saturated heterocycles. The van der Waals surface area contributed by atoms with Crippen molar-refractivity contribution in [2.45, 2.75) is 13.5 Å². The van der Waals surface area contributed by atoms with Gasteiger partial charge in [-0.15, -0.1) is 0 Å². The van der Waals surface area contributed by atoms with Crippen LogP contribution in [-0.4, -0.2) is 22.4 Å². The minimum atomic E-state index is 0.0504. The van der Waals surface area contributed by atoms with Crippen LogP contribution in [0.4, 0.5) is 0 Å². The molecular formula is C15H18N2O. The van der Waals surface area contributed by atoms with Gasteiger partial charge in [0.15, 0.2) is 0 Å². The van der Waals surface area contributed by atoms with Crippen molar-refractivity contribution < 1.29 is 4.79 Å². The molecule has 3 heteroatoms. The Morgan fingerprint density at radius 2 is 1.83 bits per heavy atom. The van der Waals surface area contributed by atoms with E-state index in [1.54, 1.807) is 4.90 Å². The first kappa shape index (κ1) is 12.4. The molecule has 1 heterocycles. The molecule has 1 aromatic carbocycles. The summed E-state index contributed by atoms with van der Waals surface area (Å²) in [7, 11) is 3.75. The van der Waals surface area contributed by atoms with Crippen molar-refractivity contribution in [2.24, 2.45) is 7.05 Å². The maximum atomic E-state index is 12.3. The molecule has 2 aromatic rings. The van der Waals surface area contributed by atoms with Crippen molar-refractivity contribution in [3.8, 4) is 0 Å². The van der Waals surface area contributed by atoms with E-state index in [4.69, 9.17) is 0 Å². The number of nitrogens with zero attached hydrogens (tertiary/aromatic N) is 2. The number of amides is 1. The molecule has 18 heavy (non-hydrogen) atoms. The largest absolute Gasteiger partial charge is 0.344 e. The van der Waals surface area contributed by atoms with E-state index in [0.29, 0.717) is 6.54 Å². The predicted molar refractivity (Wildman–Crippen MR) is 72.4 cm³/mol. The van der Waals surface area contributed by atoms with Gasteiger partial charge < -0.3 is 9.47 Å². The molecular weight excluding hydrogens is 224 g/mol. The third-order valence-electron chi connectivity index (χ3n) is 3.20. The van der Waals surface area contributed by atoms with Crippen LogP contribution < -0.4 is 0 Å². The second kappa shape index (κ2) is 5.08. The number of hydrogen-bond acceptors (Lipinski definition) is 1. The molecule has 0 saturated carbocycles. The summed E-state index contributed by atoms with van der Waals surface area (Å²) in [5.41, 5.74) is 2.96. The first-order valence-electron chi connectivity index (χ1n) is 6.01. The van der Waals surface area contributed by atoms with Gasteiger partial charge in [-0.2, -0.15) is 0 Å². The smallest absolute Gasteiger partial charge is 0.270 e. The van der Waals surface area contributed by atoms with Gasteiger partial charge in [-0.05, 0) is 24.6 Å². The second-order valence-electron chi connectivity index (χ2n) is 4.57. The molecule has 0 fully saturated rings. The monoisotopic (exact) mass is 242 g/mol. The molecule has 2 rings (SSSR count). The highest BCUT2D eigenvalue weighted by molar-refractivity contribution is 5.92. The van der Waals surface area contributed by atoms with E-state index in [0.717, 1.165) is 17.0 Å². The number of aryl methyl sites for hydroxylation is 1. The van der Waals surface area contributed by atoms with Crippen LogP contribution in [-0.2, 0) is 13.6 Å². The average molecular weight is 242 g/mol. The van der Waals surface area contributed by atoms with E-state index in [1.165, 1.54) is 0 Å². The minimum absolute atomic E-state index is 0.0504. The third kappa shape index (κ3) is 2.45. The molecule has 0 N–H and O–H groups in total. The lowest BCUT2D eigenvalue weighted by atomic mass is 10.2. The van der Waals surface area contributed by atoms with Gasteiger partial charge in [-0.3, -0.25) is 4.79 Å². The molecule has 0 unspecified atom stereocenters. The highest BCUT2D eigenvalue weighted by atomic mass is 16.2. The number of benzene rings is 1. The van der Waals surface area contributed by atoms with E-state index in [-0.39, 0.29) is 5.91 Å². The molecule has 0 bridgehead atoms. The normalized spacial score (nSPS) is 10.4. The lowest BCUT2D eigenvalue weighted by molar-refractivity contribution is 0.0775. The van der Waals surface area contributed by atoms with Crippen LogP contribution in [0.2, 0.25) is 0 Å². The van der Waals surface area contributed by atoms with E-state index in [2.05, 4.69) is 0 Å². The molecule has 0 aliphatic rings. The average Bonchev–Trinajstić information content (AvgIpc) is 2.70. The molecule has 0 atom stereocenters. The standard InChI is InChI=1S/C15H18N2O/c1-12-9-10-14(17(12)3)15(18)16(2)11-13-7-5-4-6-8-13/h4-10H,11H2,1-3H3. The third-order valence-corrected chi connectivity index (χ3v) is 3.20. The van der Waals surface area contributed by atoms with E-state index in [1.807, 2.05) is 68.1 Å². The van der Waals surface area contributed by atoms with Gasteiger partial charge in [-0.1, -0.05) is 30.3 Å². The number of aromatic nitrogens is 1. The van der Waals surface area contributed by atoms with Gasteiger partial charge >= 0.3 is 0 Å². The van der Waals surface area contributed by atoms with Crippen LogP contribution in [0.15, 0.2) is 42.5 Å². The molecule has 94 valence electrons. The number of carbonyl (C=O) groups is 1. The summed E-state index contributed by atoms with van der Waals surface area (Å²) in [6, 6.07) is 13.8. The van der Waals surface area contributed by atoms with Crippen molar-refractivity contribution in [1.82, 2.24) is 9.47 Å². The molecule has 0 aliphatic carbocycles. The summed E-state index contributed by atoms with van der Waals surface area (Å²) in [4.78, 5) is 14.0. The summed E-state index contributed by atoms with van der Waals surface area (Å²) >= 11 is 0. The van der Waals surface area contributed by atoms with E-state index >= 15 is 0 Å². The molecule has 0 aliphatic heterocycles. The Kier molecular flexibility index (Phi) is 3.51. The Balaban J connectivity index is 2.12. The van der Waals surface area contributed by atoms with Crippen LogP contribution in [0, 0.1) is 6.92 Å². The van der Waals surface area contributed by atoms with Gasteiger partial charge in [0.2, 0.25) is 0 Å². The van der Waals surface area contributed by atoms with Crippen molar-refractivity contribution in [1.29, 1.82) is 0 Å². The molecule has 3 nitrogen and oxygen atoms in total. The number of rotatable bonds is 3. The molecule has 0 radical (unpaired) electrons. The van der Waals surface area contributed by atoms with Gasteiger partial charge in [0, 0.05) is 26.3 Å². The summed E-state index contributed by atoms with van der Waals surface area (Å²) in [5, 5.41) is 0. The van der Waals surface area contributed by atoms with Gasteiger partial charge in [0.1, 0.15) is 5.69 Å². The Hall–Kier alpha value is -2.03. The van der Waals surface area contributed by atoms with Crippen LogP contribution in [0.3, 0.4) is 0 Å². The molecule has 1 aromatic heterocycles. The summed E-state index contributed by atoms with van der Waals surface area (Å²) in [6.07, 6.45) is 0. The zero-order chi connectivity index (χ0) is 13.1. The van der Waals surface area contributed by atoms with Gasteiger partial charge in [-0.25, -0.2) is 0 Å². The summed E-state index contributed by atoms with van der Waals surface area (Å²) in [5.74, 6) is 0.0504. The fourth-order valence-electron chi connectivity index (χ4n) is 1.95. The quantitative estimate of drug-likeness (QED) is 0.812. The van der Waals surface area contributed by atoms with Crippen LogP contribution in [0.25, 0.3) is 0 Å². The van der Waals surface area contributed by atoms with Crippen LogP contribution in [0.1, 0.15) is 21.7 Å². The van der Waals surface area contributed by atoms with Crippen LogP contribution >= 0.6 is 0 Å². The van der Waals surface area contributed by atoms with Crippen LogP contribution in [0.5, 0.6) is 0 Å². The SMILES string of the molecule is Cc1ccc(C(=O)N(C)Cc2ccccc2)n1C. The van der Waals surface area contributed by atoms with Gasteiger partial charge in [0.05, 0.1) is 0 Å². The first-order valence-corrected chi connectivity index (χ1v) is 6.01. The number of carbonyl (C=O) groups excluding carboxylic acids is 1. The summed E-state index contributed by atoms with van der Waals surface area (Å²) in [6.45, 7) is 2.62. The fraction of sp³-hybridized carbons (Fsp3) is 0.267. The minimum Gasteiger partial charge on any atom is -0.344 e. The maximum Gasteiger partial charge on any atom is 0.270 e. The summed E-state index contributed by atoms with van der Waals surface area (Å²) < 4.78 is 1.92. The highest BCUT2D eigenvalue weighted by Gasteiger charge is 2.15. The van der Waals surface area contributed by atoms with Crippen molar-refractivity contribution in [2.75, 3.05) is 7.05 Å². The maximum absolute atomic E-state index is 12.3. The van der Waals surface area contributed by atoms with Crippen molar-refractivity contribution in [3.05, 3.63) is 59.4 Å². The lowest BCUT2D eigenvalue weighted by Gasteiger charge is -2.17. The van der Waals surface area contributed by atoms with Crippen molar-refractivity contribution in [3.63, 3.8) is 0 Å². The Bertz CT molecular complexity index is 543. The highest BCUT2D eigenvalue weighted by Crippen LogP contribution is 2.11. The molecule has 1 amide bonds. The van der Waals surface area contributed by atoms with E-state index in [9.17, 15) is 4.79 Å². The Morgan fingerprint density at radius 1 is 1.17 bits per heavy atom. The van der Waals surface area contributed by atoms with E-state index < -0.39 is 0 Å².